The highest BCUT2D eigenvalue weighted by molar-refractivity contribution is 6.32. The first-order valence-electron chi connectivity index (χ1n) is 5.74. The van der Waals surface area contributed by atoms with Crippen molar-refractivity contribution in [3.8, 4) is 0 Å². The number of hydrogen-bond acceptors (Lipinski definition) is 3. The van der Waals surface area contributed by atoms with Gasteiger partial charge in [-0.15, -0.1) is 0 Å². The number of hydrogen-bond donors (Lipinski definition) is 2. The average Bonchev–Trinajstić information content (AvgIpc) is 2.33. The molecule has 17 heavy (non-hydrogen) atoms. The van der Waals surface area contributed by atoms with E-state index in [9.17, 15) is 4.79 Å². The molecule has 1 aromatic rings. The van der Waals surface area contributed by atoms with Gasteiger partial charge in [0.15, 0.2) is 5.15 Å². The smallest absolute Gasteiger partial charge is 0.231 e. The number of piperidine rings is 1. The first kappa shape index (κ1) is 12.3. The molecule has 4 nitrogen and oxygen atoms in total. The highest BCUT2D eigenvalue weighted by atomic mass is 35.5. The van der Waals surface area contributed by atoms with Crippen LogP contribution in [0.5, 0.6) is 0 Å². The van der Waals surface area contributed by atoms with E-state index in [4.69, 9.17) is 11.6 Å². The second-order valence-electron chi connectivity index (χ2n) is 4.64. The Kier molecular flexibility index (Phi) is 3.64. The normalized spacial score (nSPS) is 24.4. The van der Waals surface area contributed by atoms with Gasteiger partial charge in [0.25, 0.3) is 0 Å². The van der Waals surface area contributed by atoms with Gasteiger partial charge in [-0.2, -0.15) is 0 Å². The summed E-state index contributed by atoms with van der Waals surface area (Å²) >= 11 is 5.91. The summed E-state index contributed by atoms with van der Waals surface area (Å²) in [6.07, 6.45) is 3.51. The van der Waals surface area contributed by atoms with Gasteiger partial charge in [-0.3, -0.25) is 4.79 Å². The lowest BCUT2D eigenvalue weighted by Gasteiger charge is -2.32. The number of nitrogens with zero attached hydrogens (tertiary/aromatic N) is 1. The van der Waals surface area contributed by atoms with Crippen LogP contribution >= 0.6 is 11.6 Å². The third kappa shape index (κ3) is 2.76. The zero-order valence-corrected chi connectivity index (χ0v) is 10.5. The molecule has 2 rings (SSSR count). The lowest BCUT2D eigenvalue weighted by molar-refractivity contribution is -0.125. The molecule has 92 valence electrons. The maximum Gasteiger partial charge on any atom is 0.231 e. The van der Waals surface area contributed by atoms with Crippen LogP contribution in [-0.2, 0) is 4.79 Å². The van der Waals surface area contributed by atoms with Crippen LogP contribution in [0.3, 0.4) is 0 Å². The second-order valence-corrected chi connectivity index (χ2v) is 4.99. The predicted octanol–water partition coefficient (Wildman–Crippen LogP) is 2.06. The van der Waals surface area contributed by atoms with Crippen LogP contribution in [0, 0.1) is 5.41 Å². The zero-order chi connectivity index (χ0) is 12.3. The first-order chi connectivity index (χ1) is 8.12. The Morgan fingerprint density at radius 2 is 2.47 bits per heavy atom. The molecule has 1 fully saturated rings. The first-order valence-corrected chi connectivity index (χ1v) is 6.12. The van der Waals surface area contributed by atoms with Crippen LogP contribution in [0.2, 0.25) is 5.15 Å². The fourth-order valence-electron chi connectivity index (χ4n) is 2.00. The Morgan fingerprint density at radius 3 is 3.12 bits per heavy atom. The summed E-state index contributed by atoms with van der Waals surface area (Å²) in [5.74, 6) is -0.000370. The van der Waals surface area contributed by atoms with E-state index in [0.717, 1.165) is 19.4 Å². The average molecular weight is 254 g/mol. The molecule has 1 aromatic heterocycles. The molecule has 1 unspecified atom stereocenters. The van der Waals surface area contributed by atoms with Crippen molar-refractivity contribution in [3.05, 3.63) is 23.5 Å². The van der Waals surface area contributed by atoms with Crippen LogP contribution in [0.1, 0.15) is 19.8 Å². The maximum atomic E-state index is 12.2. The van der Waals surface area contributed by atoms with E-state index in [2.05, 4.69) is 15.6 Å². The summed E-state index contributed by atoms with van der Waals surface area (Å²) in [7, 11) is 0. The molecule has 2 heterocycles. The van der Waals surface area contributed by atoms with Crippen LogP contribution < -0.4 is 10.6 Å². The van der Waals surface area contributed by atoms with Crippen molar-refractivity contribution < 1.29 is 4.79 Å². The van der Waals surface area contributed by atoms with Gasteiger partial charge in [0.2, 0.25) is 5.91 Å². The number of halogens is 1. The van der Waals surface area contributed by atoms with E-state index < -0.39 is 0 Å². The molecular formula is C12H16ClN3O. The maximum absolute atomic E-state index is 12.2. The largest absolute Gasteiger partial charge is 0.323 e. The molecule has 0 aromatic carbocycles. The van der Waals surface area contributed by atoms with Crippen molar-refractivity contribution in [2.75, 3.05) is 18.4 Å². The van der Waals surface area contributed by atoms with Crippen molar-refractivity contribution in [2.24, 2.45) is 5.41 Å². The van der Waals surface area contributed by atoms with Gasteiger partial charge in [-0.1, -0.05) is 11.6 Å². The van der Waals surface area contributed by atoms with Crippen LogP contribution in [0.15, 0.2) is 18.3 Å². The van der Waals surface area contributed by atoms with Gasteiger partial charge in [-0.25, -0.2) is 4.98 Å². The number of anilines is 1. The standard InChI is InChI=1S/C12H16ClN3O/c1-12(5-3-6-14-8-12)11(17)16-9-4-2-7-15-10(9)13/h2,4,7,14H,3,5-6,8H2,1H3,(H,16,17). The number of pyridine rings is 1. The molecule has 5 heteroatoms. The van der Waals surface area contributed by atoms with Crippen LogP contribution in [-0.4, -0.2) is 24.0 Å². The summed E-state index contributed by atoms with van der Waals surface area (Å²) < 4.78 is 0. The quantitative estimate of drug-likeness (QED) is 0.794. The molecular weight excluding hydrogens is 238 g/mol. The lowest BCUT2D eigenvalue weighted by Crippen LogP contribution is -2.46. The van der Waals surface area contributed by atoms with Crippen molar-refractivity contribution in [1.82, 2.24) is 10.3 Å². The molecule has 0 spiro atoms. The molecule has 0 aliphatic carbocycles. The van der Waals surface area contributed by atoms with Gasteiger partial charge >= 0.3 is 0 Å². The van der Waals surface area contributed by atoms with Crippen molar-refractivity contribution in [2.45, 2.75) is 19.8 Å². The van der Waals surface area contributed by atoms with Crippen LogP contribution in [0.4, 0.5) is 5.69 Å². The van der Waals surface area contributed by atoms with Gasteiger partial charge < -0.3 is 10.6 Å². The summed E-state index contributed by atoms with van der Waals surface area (Å²) in [6, 6.07) is 3.51. The highest BCUT2D eigenvalue weighted by Gasteiger charge is 2.34. The van der Waals surface area contributed by atoms with Gasteiger partial charge in [0.1, 0.15) is 0 Å². The van der Waals surface area contributed by atoms with E-state index in [0.29, 0.717) is 17.4 Å². The van der Waals surface area contributed by atoms with Crippen molar-refractivity contribution >= 4 is 23.2 Å². The van der Waals surface area contributed by atoms with E-state index in [-0.39, 0.29) is 11.3 Å². The summed E-state index contributed by atoms with van der Waals surface area (Å²) in [6.45, 7) is 3.66. The summed E-state index contributed by atoms with van der Waals surface area (Å²) in [5, 5.41) is 6.42. The van der Waals surface area contributed by atoms with E-state index >= 15 is 0 Å². The monoisotopic (exact) mass is 253 g/mol. The third-order valence-corrected chi connectivity index (χ3v) is 3.45. The molecule has 1 aliphatic heterocycles. The molecule has 0 radical (unpaired) electrons. The number of rotatable bonds is 2. The molecule has 1 atom stereocenters. The minimum Gasteiger partial charge on any atom is -0.323 e. The zero-order valence-electron chi connectivity index (χ0n) is 9.79. The lowest BCUT2D eigenvalue weighted by atomic mass is 9.82. The predicted molar refractivity (Wildman–Crippen MR) is 68.1 cm³/mol. The van der Waals surface area contributed by atoms with Crippen LogP contribution in [0.25, 0.3) is 0 Å². The SMILES string of the molecule is CC1(C(=O)Nc2cccnc2Cl)CCCNC1. The molecule has 0 saturated carbocycles. The highest BCUT2D eigenvalue weighted by Crippen LogP contribution is 2.28. The van der Waals surface area contributed by atoms with Gasteiger partial charge in [-0.05, 0) is 38.4 Å². The Balaban J connectivity index is 2.08. The molecule has 1 aliphatic rings. The fourth-order valence-corrected chi connectivity index (χ4v) is 2.17. The van der Waals surface area contributed by atoms with Crippen molar-refractivity contribution in [1.29, 1.82) is 0 Å². The Morgan fingerprint density at radius 1 is 1.65 bits per heavy atom. The molecule has 1 amide bonds. The minimum absolute atomic E-state index is 0.000370. The minimum atomic E-state index is -0.364. The third-order valence-electron chi connectivity index (χ3n) is 3.15. The number of nitrogens with one attached hydrogen (secondary N) is 2. The number of carbonyl (C=O) groups is 1. The molecule has 0 bridgehead atoms. The Bertz CT molecular complexity index is 416. The van der Waals surface area contributed by atoms with Crippen molar-refractivity contribution in [3.63, 3.8) is 0 Å². The Labute approximate surface area is 106 Å². The van der Waals surface area contributed by atoms with Gasteiger partial charge in [0.05, 0.1) is 11.1 Å². The van der Waals surface area contributed by atoms with E-state index in [1.807, 2.05) is 6.92 Å². The fraction of sp³-hybridized carbons (Fsp3) is 0.500. The summed E-state index contributed by atoms with van der Waals surface area (Å²) in [5.41, 5.74) is 0.211. The Hall–Kier alpha value is -1.13. The summed E-state index contributed by atoms with van der Waals surface area (Å²) in [4.78, 5) is 16.1. The number of carbonyl (C=O) groups excluding carboxylic acids is 1. The molecule has 2 N–H and O–H groups in total. The van der Waals surface area contributed by atoms with E-state index in [1.165, 1.54) is 0 Å². The molecule has 1 saturated heterocycles. The number of amides is 1. The van der Waals surface area contributed by atoms with E-state index in [1.54, 1.807) is 18.3 Å². The number of aromatic nitrogens is 1. The topological polar surface area (TPSA) is 54.0 Å². The van der Waals surface area contributed by atoms with Gasteiger partial charge in [0, 0.05) is 12.7 Å². The second kappa shape index (κ2) is 5.02.